The third kappa shape index (κ3) is 5.88. The second-order valence-corrected chi connectivity index (χ2v) is 6.95. The van der Waals surface area contributed by atoms with Crippen molar-refractivity contribution in [3.63, 3.8) is 0 Å². The van der Waals surface area contributed by atoms with Gasteiger partial charge < -0.3 is 15.2 Å². The maximum atomic E-state index is 13.4. The van der Waals surface area contributed by atoms with Crippen LogP contribution in [0.3, 0.4) is 0 Å². The third-order valence-corrected chi connectivity index (χ3v) is 4.93. The molecule has 0 aliphatic heterocycles. The van der Waals surface area contributed by atoms with E-state index in [2.05, 4.69) is 20.8 Å². The fourth-order valence-corrected chi connectivity index (χ4v) is 3.16. The summed E-state index contributed by atoms with van der Waals surface area (Å²) in [6, 6.07) is 5.58. The van der Waals surface area contributed by atoms with Crippen molar-refractivity contribution in [3.05, 3.63) is 46.8 Å². The summed E-state index contributed by atoms with van der Waals surface area (Å²) in [5, 5.41) is 15.1. The summed E-state index contributed by atoms with van der Waals surface area (Å²) in [6.45, 7) is 4.76. The Kier molecular flexibility index (Phi) is 8.00. The van der Waals surface area contributed by atoms with E-state index in [9.17, 15) is 4.39 Å². The maximum Gasteiger partial charge on any atom is 0.192 e. The van der Waals surface area contributed by atoms with Gasteiger partial charge in [-0.3, -0.25) is 0 Å². The molecule has 1 aliphatic carbocycles. The molecule has 2 N–H and O–H groups in total. The minimum absolute atomic E-state index is 0. The van der Waals surface area contributed by atoms with Gasteiger partial charge in [0.2, 0.25) is 0 Å². The van der Waals surface area contributed by atoms with Crippen LogP contribution in [0.5, 0.6) is 0 Å². The van der Waals surface area contributed by atoms with Crippen LogP contribution in [0, 0.1) is 19.7 Å². The number of aliphatic imine (C=N–C) groups is 1. The van der Waals surface area contributed by atoms with E-state index in [-0.39, 0.29) is 29.8 Å². The molecular formula is C19H28FIN6. The van der Waals surface area contributed by atoms with E-state index in [0.717, 1.165) is 23.2 Å². The second kappa shape index (κ2) is 10.0. The fourth-order valence-electron chi connectivity index (χ4n) is 3.16. The fraction of sp³-hybridized carbons (Fsp3) is 0.526. The van der Waals surface area contributed by atoms with Crippen LogP contribution in [0.1, 0.15) is 48.5 Å². The molecule has 6 nitrogen and oxygen atoms in total. The first kappa shape index (κ1) is 21.6. The summed E-state index contributed by atoms with van der Waals surface area (Å²) >= 11 is 0. The number of hydrogen-bond acceptors (Lipinski definition) is 3. The summed E-state index contributed by atoms with van der Waals surface area (Å²) < 4.78 is 15.4. The van der Waals surface area contributed by atoms with Crippen LogP contribution in [0.25, 0.3) is 0 Å². The number of rotatable bonds is 5. The first-order valence-electron chi connectivity index (χ1n) is 9.17. The molecule has 0 bridgehead atoms. The molecule has 0 saturated heterocycles. The summed E-state index contributed by atoms with van der Waals surface area (Å²) in [6.07, 6.45) is 4.84. The molecule has 8 heteroatoms. The minimum Gasteiger partial charge on any atom is -0.354 e. The summed E-state index contributed by atoms with van der Waals surface area (Å²) in [5.41, 5.74) is 1.64. The van der Waals surface area contributed by atoms with Crippen molar-refractivity contribution in [3.8, 4) is 0 Å². The van der Waals surface area contributed by atoms with E-state index in [1.807, 2.05) is 24.6 Å². The average Bonchev–Trinajstić information content (AvgIpc) is 3.24. The van der Waals surface area contributed by atoms with Crippen molar-refractivity contribution in [1.82, 2.24) is 25.4 Å². The van der Waals surface area contributed by atoms with Gasteiger partial charge in [-0.15, -0.1) is 34.2 Å². The van der Waals surface area contributed by atoms with E-state index in [4.69, 9.17) is 4.99 Å². The van der Waals surface area contributed by atoms with Crippen molar-refractivity contribution in [2.45, 2.75) is 58.7 Å². The monoisotopic (exact) mass is 486 g/mol. The van der Waals surface area contributed by atoms with E-state index in [1.165, 1.54) is 31.7 Å². The highest BCUT2D eigenvalue weighted by atomic mass is 127. The molecule has 1 aliphatic rings. The Morgan fingerprint density at radius 1 is 1.26 bits per heavy atom. The molecule has 2 aromatic rings. The number of halogens is 2. The van der Waals surface area contributed by atoms with Gasteiger partial charge in [0.1, 0.15) is 11.6 Å². The Morgan fingerprint density at radius 3 is 2.63 bits per heavy atom. The normalized spacial score (nSPS) is 14.9. The predicted octanol–water partition coefficient (Wildman–Crippen LogP) is 3.37. The van der Waals surface area contributed by atoms with Crippen LogP contribution in [0.4, 0.5) is 4.39 Å². The lowest BCUT2D eigenvalue weighted by molar-refractivity contribution is 0.606. The first-order chi connectivity index (χ1) is 12.5. The molecule has 0 unspecified atom stereocenters. The van der Waals surface area contributed by atoms with Crippen molar-refractivity contribution in [2.24, 2.45) is 12.0 Å². The molecule has 3 rings (SSSR count). The standard InChI is InChI=1S/C19H27FN6.HI/c1-13-10-15(8-9-17(13)20)11-21-19(23-16-6-4-5-7-16)22-12-18-25-24-14(2)26(18)3;/h8-10,16H,4-7,11-12H2,1-3H3,(H2,21,22,23);1H. The summed E-state index contributed by atoms with van der Waals surface area (Å²) in [7, 11) is 1.95. The third-order valence-electron chi connectivity index (χ3n) is 4.93. The highest BCUT2D eigenvalue weighted by Crippen LogP contribution is 2.17. The van der Waals surface area contributed by atoms with Crippen LogP contribution < -0.4 is 10.6 Å². The number of nitrogens with zero attached hydrogens (tertiary/aromatic N) is 4. The quantitative estimate of drug-likeness (QED) is 0.387. The number of nitrogens with one attached hydrogen (secondary N) is 2. The highest BCUT2D eigenvalue weighted by molar-refractivity contribution is 14.0. The van der Waals surface area contributed by atoms with Gasteiger partial charge in [0, 0.05) is 13.1 Å². The van der Waals surface area contributed by atoms with Gasteiger partial charge in [0.25, 0.3) is 0 Å². The summed E-state index contributed by atoms with van der Waals surface area (Å²) in [5.74, 6) is 2.32. The molecule has 1 saturated carbocycles. The maximum absolute atomic E-state index is 13.4. The second-order valence-electron chi connectivity index (χ2n) is 6.95. The Labute approximate surface area is 177 Å². The first-order valence-corrected chi connectivity index (χ1v) is 9.17. The van der Waals surface area contributed by atoms with Crippen LogP contribution in [-0.2, 0) is 20.1 Å². The molecule has 0 atom stereocenters. The molecule has 1 aromatic carbocycles. The molecule has 148 valence electrons. The zero-order valence-corrected chi connectivity index (χ0v) is 18.5. The van der Waals surface area contributed by atoms with Crippen LogP contribution in [0.15, 0.2) is 23.2 Å². The van der Waals surface area contributed by atoms with Gasteiger partial charge >= 0.3 is 0 Å². The van der Waals surface area contributed by atoms with Gasteiger partial charge in [-0.1, -0.05) is 25.0 Å². The molecule has 0 spiro atoms. The van der Waals surface area contributed by atoms with Crippen molar-refractivity contribution in [1.29, 1.82) is 0 Å². The molecule has 27 heavy (non-hydrogen) atoms. The SMILES string of the molecule is Cc1cc(CN=C(NCc2nnc(C)n2C)NC2CCCC2)ccc1F.I. The molecule has 1 aromatic heterocycles. The van der Waals surface area contributed by atoms with E-state index < -0.39 is 0 Å². The van der Waals surface area contributed by atoms with Crippen LogP contribution in [0.2, 0.25) is 0 Å². The average molecular weight is 486 g/mol. The number of hydrogen-bond donors (Lipinski definition) is 2. The zero-order chi connectivity index (χ0) is 18.5. The van der Waals surface area contributed by atoms with Gasteiger partial charge in [0.15, 0.2) is 11.8 Å². The van der Waals surface area contributed by atoms with Gasteiger partial charge in [-0.2, -0.15) is 0 Å². The topological polar surface area (TPSA) is 67.1 Å². The molecular weight excluding hydrogens is 458 g/mol. The van der Waals surface area contributed by atoms with Crippen molar-refractivity contribution in [2.75, 3.05) is 0 Å². The molecule has 0 radical (unpaired) electrons. The highest BCUT2D eigenvalue weighted by Gasteiger charge is 2.16. The number of guanidine groups is 1. The van der Waals surface area contributed by atoms with Crippen LogP contribution in [-0.4, -0.2) is 26.8 Å². The van der Waals surface area contributed by atoms with Gasteiger partial charge in [-0.25, -0.2) is 9.38 Å². The number of benzene rings is 1. The van der Waals surface area contributed by atoms with Crippen molar-refractivity contribution >= 4 is 29.9 Å². The minimum atomic E-state index is -0.183. The Balaban J connectivity index is 0.00000261. The molecule has 1 heterocycles. The largest absolute Gasteiger partial charge is 0.354 e. The van der Waals surface area contributed by atoms with Crippen LogP contribution >= 0.6 is 24.0 Å². The zero-order valence-electron chi connectivity index (χ0n) is 16.1. The Hall–Kier alpha value is -1.71. The van der Waals surface area contributed by atoms with Crippen molar-refractivity contribution < 1.29 is 4.39 Å². The van der Waals surface area contributed by atoms with E-state index >= 15 is 0 Å². The predicted molar refractivity (Wildman–Crippen MR) is 116 cm³/mol. The lowest BCUT2D eigenvalue weighted by atomic mass is 10.1. The lowest BCUT2D eigenvalue weighted by Crippen LogP contribution is -2.42. The Bertz CT molecular complexity index is 783. The van der Waals surface area contributed by atoms with Gasteiger partial charge in [-0.05, 0) is 43.9 Å². The van der Waals surface area contributed by atoms with Gasteiger partial charge in [0.05, 0.1) is 13.1 Å². The smallest absolute Gasteiger partial charge is 0.192 e. The number of aryl methyl sites for hydroxylation is 2. The van der Waals surface area contributed by atoms with E-state index in [0.29, 0.717) is 24.7 Å². The van der Waals surface area contributed by atoms with E-state index in [1.54, 1.807) is 13.0 Å². The number of aromatic nitrogens is 3. The molecule has 1 fully saturated rings. The summed E-state index contributed by atoms with van der Waals surface area (Å²) in [4.78, 5) is 4.69. The Morgan fingerprint density at radius 2 is 2.00 bits per heavy atom. The lowest BCUT2D eigenvalue weighted by Gasteiger charge is -2.17. The molecule has 0 amide bonds.